The highest BCUT2D eigenvalue weighted by atomic mass is 32.2. The van der Waals surface area contributed by atoms with Crippen LogP contribution in [0.15, 0.2) is 66.0 Å². The first-order valence-electron chi connectivity index (χ1n) is 9.19. The van der Waals surface area contributed by atoms with Crippen molar-refractivity contribution in [2.24, 2.45) is 5.73 Å². The molecule has 1 heterocycles. The number of hydrogen-bond acceptors (Lipinski definition) is 4. The van der Waals surface area contributed by atoms with E-state index in [9.17, 15) is 22.8 Å². The number of alkyl halides is 3. The third kappa shape index (κ3) is 5.88. The monoisotopic (exact) mass is 448 g/mol. The van der Waals surface area contributed by atoms with Gasteiger partial charge in [-0.3, -0.25) is 9.59 Å². The molecule has 0 saturated heterocycles. The largest absolute Gasteiger partial charge is 0.406 e. The Balaban J connectivity index is 1.78. The average molecular weight is 448 g/mol. The molecule has 10 heteroatoms. The summed E-state index contributed by atoms with van der Waals surface area (Å²) < 4.78 is 40.7. The normalized spacial score (nSPS) is 12.4. The lowest BCUT2D eigenvalue weighted by molar-refractivity contribution is -0.141. The van der Waals surface area contributed by atoms with E-state index in [0.29, 0.717) is 22.5 Å². The van der Waals surface area contributed by atoms with Gasteiger partial charge in [-0.1, -0.05) is 42.1 Å². The molecule has 0 bridgehead atoms. The Kier molecular flexibility index (Phi) is 6.69. The summed E-state index contributed by atoms with van der Waals surface area (Å²) in [5.41, 5.74) is 6.82. The number of hydrogen-bond donors (Lipinski definition) is 2. The molecule has 0 saturated carbocycles. The van der Waals surface area contributed by atoms with Gasteiger partial charge in [-0.25, -0.2) is 4.98 Å². The zero-order chi connectivity index (χ0) is 22.6. The number of imidazole rings is 1. The van der Waals surface area contributed by atoms with E-state index in [1.54, 1.807) is 37.3 Å². The van der Waals surface area contributed by atoms with E-state index in [4.69, 9.17) is 5.73 Å². The van der Waals surface area contributed by atoms with Crippen LogP contribution in [0.1, 0.15) is 17.3 Å². The Morgan fingerprint density at radius 3 is 2.35 bits per heavy atom. The molecule has 0 spiro atoms. The Labute approximate surface area is 180 Å². The molecule has 3 N–H and O–H groups in total. The molecule has 1 unspecified atom stereocenters. The smallest absolute Gasteiger partial charge is 0.366 e. The second kappa shape index (κ2) is 9.25. The molecular formula is C21H19F3N4O2S. The van der Waals surface area contributed by atoms with Crippen LogP contribution in [0.2, 0.25) is 0 Å². The summed E-state index contributed by atoms with van der Waals surface area (Å²) in [7, 11) is 0. The number of nitrogens with two attached hydrogens (primary N) is 1. The predicted octanol–water partition coefficient (Wildman–Crippen LogP) is 4.33. The fraction of sp³-hybridized carbons (Fsp3) is 0.190. The number of benzene rings is 2. The maximum atomic E-state index is 13.2. The molecule has 1 atom stereocenters. The van der Waals surface area contributed by atoms with Crippen LogP contribution >= 0.6 is 11.8 Å². The third-order valence-electron chi connectivity index (χ3n) is 4.31. The number of halogens is 3. The maximum absolute atomic E-state index is 13.2. The fourth-order valence-electron chi connectivity index (χ4n) is 2.80. The number of carbonyl (C=O) groups excluding carboxylic acids is 2. The summed E-state index contributed by atoms with van der Waals surface area (Å²) in [6.45, 7) is 0.356. The lowest BCUT2D eigenvalue weighted by Crippen LogP contribution is -2.24. The fourth-order valence-corrected chi connectivity index (χ4v) is 3.68. The number of aromatic nitrogens is 2. The van der Waals surface area contributed by atoms with Crippen molar-refractivity contribution in [2.75, 3.05) is 5.32 Å². The summed E-state index contributed by atoms with van der Waals surface area (Å²) in [4.78, 5) is 27.8. The van der Waals surface area contributed by atoms with Crippen molar-refractivity contribution in [1.82, 2.24) is 9.55 Å². The van der Waals surface area contributed by atoms with E-state index in [1.165, 1.54) is 30.5 Å². The van der Waals surface area contributed by atoms with Gasteiger partial charge in [0.05, 0.1) is 17.1 Å². The lowest BCUT2D eigenvalue weighted by atomic mass is 10.2. The number of anilines is 1. The van der Waals surface area contributed by atoms with Crippen molar-refractivity contribution in [3.8, 4) is 11.3 Å². The van der Waals surface area contributed by atoms with Crippen molar-refractivity contribution in [3.63, 3.8) is 0 Å². The molecule has 3 rings (SSSR count). The highest BCUT2D eigenvalue weighted by Crippen LogP contribution is 2.32. The first-order valence-corrected chi connectivity index (χ1v) is 10.1. The molecule has 0 aliphatic rings. The van der Waals surface area contributed by atoms with Gasteiger partial charge in [-0.15, -0.1) is 0 Å². The van der Waals surface area contributed by atoms with E-state index >= 15 is 0 Å². The van der Waals surface area contributed by atoms with E-state index in [-0.39, 0.29) is 5.16 Å². The third-order valence-corrected chi connectivity index (χ3v) is 5.42. The van der Waals surface area contributed by atoms with Gasteiger partial charge in [0, 0.05) is 11.3 Å². The topological polar surface area (TPSA) is 90.0 Å². The van der Waals surface area contributed by atoms with Gasteiger partial charge in [-0.2, -0.15) is 13.2 Å². The number of rotatable bonds is 7. The predicted molar refractivity (Wildman–Crippen MR) is 113 cm³/mol. The van der Waals surface area contributed by atoms with Gasteiger partial charge in [-0.05, 0) is 36.8 Å². The molecule has 2 amide bonds. The van der Waals surface area contributed by atoms with Crippen LogP contribution in [0.4, 0.5) is 18.9 Å². The van der Waals surface area contributed by atoms with Crippen LogP contribution in [0, 0.1) is 0 Å². The van der Waals surface area contributed by atoms with Crippen LogP contribution in [0.25, 0.3) is 11.3 Å². The van der Waals surface area contributed by atoms with Crippen molar-refractivity contribution in [1.29, 1.82) is 0 Å². The van der Waals surface area contributed by atoms with Crippen LogP contribution in [-0.4, -0.2) is 32.8 Å². The molecule has 1 aromatic heterocycles. The van der Waals surface area contributed by atoms with Gasteiger partial charge < -0.3 is 15.6 Å². The SMILES string of the molecule is CC(Sc1ncc(-c2ccccc2)n1CC(F)(F)F)C(=O)Nc1ccc(C(N)=O)cc1. The lowest BCUT2D eigenvalue weighted by Gasteiger charge is -2.16. The molecular weight excluding hydrogens is 429 g/mol. The first kappa shape index (κ1) is 22.4. The van der Waals surface area contributed by atoms with Gasteiger partial charge in [0.1, 0.15) is 6.54 Å². The van der Waals surface area contributed by atoms with E-state index < -0.39 is 29.8 Å². The van der Waals surface area contributed by atoms with E-state index in [1.807, 2.05) is 0 Å². The number of thioether (sulfide) groups is 1. The number of amides is 2. The van der Waals surface area contributed by atoms with Crippen LogP contribution in [-0.2, 0) is 11.3 Å². The van der Waals surface area contributed by atoms with Crippen LogP contribution in [0.3, 0.4) is 0 Å². The average Bonchev–Trinajstić information content (AvgIpc) is 3.09. The first-order chi connectivity index (χ1) is 14.6. The van der Waals surface area contributed by atoms with Gasteiger partial charge in [0.25, 0.3) is 0 Å². The van der Waals surface area contributed by atoms with Crippen molar-refractivity contribution < 1.29 is 22.8 Å². The Hall–Kier alpha value is -3.27. The number of nitrogens with zero attached hydrogens (tertiary/aromatic N) is 2. The molecule has 2 aromatic carbocycles. The molecule has 0 aliphatic carbocycles. The molecule has 6 nitrogen and oxygen atoms in total. The van der Waals surface area contributed by atoms with Crippen molar-refractivity contribution in [3.05, 3.63) is 66.4 Å². The Morgan fingerprint density at radius 2 is 1.77 bits per heavy atom. The number of primary amides is 1. The standard InChI is InChI=1S/C21H19F3N4O2S/c1-13(19(30)27-16-9-7-15(8-10-16)18(25)29)31-20-26-11-17(14-5-3-2-4-6-14)28(20)12-21(22,23)24/h2-11,13H,12H2,1H3,(H2,25,29)(H,27,30). The minimum Gasteiger partial charge on any atom is -0.366 e. The zero-order valence-corrected chi connectivity index (χ0v) is 17.2. The number of carbonyl (C=O) groups is 2. The summed E-state index contributed by atoms with van der Waals surface area (Å²) in [6, 6.07) is 14.6. The minimum atomic E-state index is -4.45. The van der Waals surface area contributed by atoms with Crippen LogP contribution in [0.5, 0.6) is 0 Å². The molecule has 3 aromatic rings. The molecule has 162 valence electrons. The van der Waals surface area contributed by atoms with E-state index in [0.717, 1.165) is 16.3 Å². The van der Waals surface area contributed by atoms with Gasteiger partial charge in [0.15, 0.2) is 5.16 Å². The zero-order valence-electron chi connectivity index (χ0n) is 16.4. The van der Waals surface area contributed by atoms with Crippen molar-refractivity contribution in [2.45, 2.75) is 30.1 Å². The highest BCUT2D eigenvalue weighted by Gasteiger charge is 2.31. The summed E-state index contributed by atoms with van der Waals surface area (Å²) in [6.07, 6.45) is -3.08. The van der Waals surface area contributed by atoms with Gasteiger partial charge in [0.2, 0.25) is 11.8 Å². The van der Waals surface area contributed by atoms with Crippen LogP contribution < -0.4 is 11.1 Å². The summed E-state index contributed by atoms with van der Waals surface area (Å²) in [5.74, 6) is -1.01. The Morgan fingerprint density at radius 1 is 1.13 bits per heavy atom. The second-order valence-corrected chi connectivity index (χ2v) is 7.99. The van der Waals surface area contributed by atoms with Crippen molar-refractivity contribution >= 4 is 29.3 Å². The molecule has 31 heavy (non-hydrogen) atoms. The molecule has 0 radical (unpaired) electrons. The molecule has 0 fully saturated rings. The summed E-state index contributed by atoms with van der Waals surface area (Å²) >= 11 is 0.927. The highest BCUT2D eigenvalue weighted by molar-refractivity contribution is 8.00. The quantitative estimate of drug-likeness (QED) is 0.527. The number of nitrogens with one attached hydrogen (secondary N) is 1. The minimum absolute atomic E-state index is 0.0860. The van der Waals surface area contributed by atoms with Gasteiger partial charge >= 0.3 is 6.18 Å². The summed E-state index contributed by atoms with van der Waals surface area (Å²) in [5, 5.41) is 2.02. The van der Waals surface area contributed by atoms with E-state index in [2.05, 4.69) is 10.3 Å². The second-order valence-electron chi connectivity index (χ2n) is 6.68. The molecule has 0 aliphatic heterocycles. The Bertz CT molecular complexity index is 1070. The maximum Gasteiger partial charge on any atom is 0.406 e.